The first-order chi connectivity index (χ1) is 3.77. The molecule has 2 heteroatoms. The zero-order valence-corrected chi connectivity index (χ0v) is 4.46. The van der Waals surface area contributed by atoms with E-state index in [1.165, 1.54) is 0 Å². The van der Waals surface area contributed by atoms with Crippen LogP contribution in [0.25, 0.3) is 0 Å². The Balaban J connectivity index is 2.63. The van der Waals surface area contributed by atoms with Crippen molar-refractivity contribution in [1.82, 2.24) is 0 Å². The molecule has 0 aromatic rings. The van der Waals surface area contributed by atoms with E-state index in [-0.39, 0.29) is 0 Å². The van der Waals surface area contributed by atoms with Gasteiger partial charge in [0.25, 0.3) is 0 Å². The summed E-state index contributed by atoms with van der Waals surface area (Å²) in [6, 6.07) is 1.83. The van der Waals surface area contributed by atoms with E-state index in [0.29, 0.717) is 12.8 Å². The average molecular weight is 109 g/mol. The molecule has 2 nitrogen and oxygen atoms in total. The Morgan fingerprint density at radius 1 is 1.50 bits per heavy atom. The van der Waals surface area contributed by atoms with E-state index in [2.05, 4.69) is 0 Å². The average Bonchev–Trinajstić information content (AvgIpc) is 2.17. The van der Waals surface area contributed by atoms with Gasteiger partial charge in [0.05, 0.1) is 6.07 Å². The molecule has 1 N–H and O–H groups in total. The zero-order valence-electron chi connectivity index (χ0n) is 4.46. The second-order valence-corrected chi connectivity index (χ2v) is 2.02. The molecule has 0 bridgehead atoms. The summed E-state index contributed by atoms with van der Waals surface area (Å²) in [5, 5.41) is 17.4. The van der Waals surface area contributed by atoms with Gasteiger partial charge in [0.15, 0.2) is 5.60 Å². The molecule has 0 aromatic carbocycles. The first-order valence-corrected chi connectivity index (χ1v) is 2.55. The lowest BCUT2D eigenvalue weighted by Gasteiger charge is -2.08. The van der Waals surface area contributed by atoms with Crippen LogP contribution in [-0.4, -0.2) is 10.7 Å². The third-order valence-corrected chi connectivity index (χ3v) is 1.29. The van der Waals surface area contributed by atoms with Crippen molar-refractivity contribution in [2.45, 2.75) is 18.4 Å². The Labute approximate surface area is 48.1 Å². The summed E-state index contributed by atoms with van der Waals surface area (Å²) in [4.78, 5) is 0. The van der Waals surface area contributed by atoms with Crippen molar-refractivity contribution >= 4 is 0 Å². The Morgan fingerprint density at radius 2 is 2.00 bits per heavy atom. The van der Waals surface area contributed by atoms with Gasteiger partial charge in [0, 0.05) is 12.8 Å². The standard InChI is InChI=1S/C6H7NO/c7-5-6(8)3-1-2-4-6/h1-2,8H,3-4H2. The minimum atomic E-state index is -1.07. The molecule has 42 valence electrons. The van der Waals surface area contributed by atoms with Gasteiger partial charge in [-0.25, -0.2) is 0 Å². The number of nitrogens with zero attached hydrogens (tertiary/aromatic N) is 1. The quantitative estimate of drug-likeness (QED) is 0.365. The summed E-state index contributed by atoms with van der Waals surface area (Å²) in [7, 11) is 0. The highest BCUT2D eigenvalue weighted by Gasteiger charge is 2.26. The van der Waals surface area contributed by atoms with Crippen molar-refractivity contribution in [3.63, 3.8) is 0 Å². The minimum absolute atomic E-state index is 0.490. The Bertz CT molecular complexity index is 146. The van der Waals surface area contributed by atoms with Gasteiger partial charge >= 0.3 is 0 Å². The second kappa shape index (κ2) is 1.61. The number of hydrogen-bond donors (Lipinski definition) is 1. The monoisotopic (exact) mass is 109 g/mol. The van der Waals surface area contributed by atoms with Crippen LogP contribution in [0, 0.1) is 11.3 Å². The summed E-state index contributed by atoms with van der Waals surface area (Å²) >= 11 is 0. The van der Waals surface area contributed by atoms with Gasteiger partial charge in [-0.2, -0.15) is 5.26 Å². The third-order valence-electron chi connectivity index (χ3n) is 1.29. The largest absolute Gasteiger partial charge is 0.375 e. The van der Waals surface area contributed by atoms with Crippen molar-refractivity contribution < 1.29 is 5.11 Å². The van der Waals surface area contributed by atoms with E-state index in [0.717, 1.165) is 0 Å². The van der Waals surface area contributed by atoms with Gasteiger partial charge in [0.2, 0.25) is 0 Å². The molecule has 0 saturated heterocycles. The molecule has 0 aliphatic heterocycles. The van der Waals surface area contributed by atoms with Crippen molar-refractivity contribution in [2.75, 3.05) is 0 Å². The van der Waals surface area contributed by atoms with Gasteiger partial charge in [0.1, 0.15) is 0 Å². The third kappa shape index (κ3) is 0.728. The molecular weight excluding hydrogens is 102 g/mol. The molecule has 0 amide bonds. The van der Waals surface area contributed by atoms with Crippen LogP contribution in [0.2, 0.25) is 0 Å². The van der Waals surface area contributed by atoms with Crippen molar-refractivity contribution in [2.24, 2.45) is 0 Å². The van der Waals surface area contributed by atoms with Crippen LogP contribution >= 0.6 is 0 Å². The van der Waals surface area contributed by atoms with E-state index < -0.39 is 5.60 Å². The van der Waals surface area contributed by atoms with E-state index in [1.807, 2.05) is 18.2 Å². The SMILES string of the molecule is N#CC1(O)CC=CC1. The molecular formula is C6H7NO. The maximum Gasteiger partial charge on any atom is 0.157 e. The van der Waals surface area contributed by atoms with Crippen LogP contribution < -0.4 is 0 Å². The highest BCUT2D eigenvalue weighted by atomic mass is 16.3. The molecule has 0 heterocycles. The van der Waals surface area contributed by atoms with Crippen LogP contribution in [0.4, 0.5) is 0 Å². The molecule has 0 saturated carbocycles. The molecule has 1 aliphatic carbocycles. The fourth-order valence-corrected chi connectivity index (χ4v) is 0.731. The highest BCUT2D eigenvalue weighted by molar-refractivity contribution is 5.14. The molecule has 0 aromatic heterocycles. The normalized spacial score (nSPS) is 23.0. The Morgan fingerprint density at radius 3 is 2.25 bits per heavy atom. The number of aliphatic hydroxyl groups is 1. The predicted molar refractivity (Wildman–Crippen MR) is 28.9 cm³/mol. The lowest BCUT2D eigenvalue weighted by Crippen LogP contribution is -2.20. The summed E-state index contributed by atoms with van der Waals surface area (Å²) in [5.41, 5.74) is -1.07. The lowest BCUT2D eigenvalue weighted by atomic mass is 10.1. The maximum absolute atomic E-state index is 9.08. The van der Waals surface area contributed by atoms with Crippen LogP contribution in [0.1, 0.15) is 12.8 Å². The summed E-state index contributed by atoms with van der Waals surface area (Å²) in [6.07, 6.45) is 4.62. The first-order valence-electron chi connectivity index (χ1n) is 2.55. The number of nitriles is 1. The van der Waals surface area contributed by atoms with E-state index in [1.54, 1.807) is 0 Å². The molecule has 0 atom stereocenters. The fraction of sp³-hybridized carbons (Fsp3) is 0.500. The number of hydrogen-bond acceptors (Lipinski definition) is 2. The summed E-state index contributed by atoms with van der Waals surface area (Å²) < 4.78 is 0. The van der Waals surface area contributed by atoms with Crippen molar-refractivity contribution in [3.05, 3.63) is 12.2 Å². The minimum Gasteiger partial charge on any atom is -0.375 e. The van der Waals surface area contributed by atoms with Crippen LogP contribution in [0.5, 0.6) is 0 Å². The van der Waals surface area contributed by atoms with Crippen molar-refractivity contribution in [1.29, 1.82) is 5.26 Å². The van der Waals surface area contributed by atoms with Gasteiger partial charge in [-0.1, -0.05) is 12.2 Å². The zero-order chi connectivity index (χ0) is 6.04. The van der Waals surface area contributed by atoms with E-state index in [4.69, 9.17) is 10.4 Å². The fourth-order valence-electron chi connectivity index (χ4n) is 0.731. The summed E-state index contributed by atoms with van der Waals surface area (Å²) in [6.45, 7) is 0. The maximum atomic E-state index is 9.08. The first kappa shape index (κ1) is 5.33. The molecule has 0 radical (unpaired) electrons. The predicted octanol–water partition coefficient (Wildman–Crippen LogP) is 0.591. The van der Waals surface area contributed by atoms with Crippen LogP contribution in [0.3, 0.4) is 0 Å². The lowest BCUT2D eigenvalue weighted by molar-refractivity contribution is 0.114. The van der Waals surface area contributed by atoms with Crippen LogP contribution in [-0.2, 0) is 0 Å². The van der Waals surface area contributed by atoms with Gasteiger partial charge in [-0.3, -0.25) is 0 Å². The van der Waals surface area contributed by atoms with Gasteiger partial charge in [-0.05, 0) is 0 Å². The van der Waals surface area contributed by atoms with E-state index in [9.17, 15) is 0 Å². The van der Waals surface area contributed by atoms with Gasteiger partial charge < -0.3 is 5.11 Å². The molecule has 0 fully saturated rings. The molecule has 8 heavy (non-hydrogen) atoms. The Hall–Kier alpha value is -0.810. The molecule has 1 aliphatic rings. The topological polar surface area (TPSA) is 44.0 Å². The smallest absolute Gasteiger partial charge is 0.157 e. The van der Waals surface area contributed by atoms with Crippen molar-refractivity contribution in [3.8, 4) is 6.07 Å². The summed E-state index contributed by atoms with van der Waals surface area (Å²) in [5.74, 6) is 0. The van der Waals surface area contributed by atoms with E-state index >= 15 is 0 Å². The second-order valence-electron chi connectivity index (χ2n) is 2.02. The van der Waals surface area contributed by atoms with Gasteiger partial charge in [-0.15, -0.1) is 0 Å². The Kier molecular flexibility index (Phi) is 1.07. The highest BCUT2D eigenvalue weighted by Crippen LogP contribution is 2.21. The molecule has 1 rings (SSSR count). The number of rotatable bonds is 0. The molecule has 0 spiro atoms. The van der Waals surface area contributed by atoms with Crippen LogP contribution in [0.15, 0.2) is 12.2 Å². The molecule has 0 unspecified atom stereocenters.